The third kappa shape index (κ3) is 4.04. The zero-order chi connectivity index (χ0) is 22.0. The lowest BCUT2D eigenvalue weighted by molar-refractivity contribution is -0.156. The number of likely N-dealkylation sites (tertiary alicyclic amines) is 1. The first kappa shape index (κ1) is 21.4. The van der Waals surface area contributed by atoms with Crippen LogP contribution in [0.25, 0.3) is 0 Å². The van der Waals surface area contributed by atoms with Crippen molar-refractivity contribution in [2.75, 3.05) is 19.6 Å². The molecular weight excluding hydrogens is 435 g/mol. The van der Waals surface area contributed by atoms with Gasteiger partial charge in [0, 0.05) is 38.0 Å². The van der Waals surface area contributed by atoms with Crippen LogP contribution in [0.4, 0.5) is 0 Å². The molecule has 1 saturated carbocycles. The Morgan fingerprint density at radius 3 is 2.55 bits per heavy atom. The molecule has 2 bridgehead atoms. The van der Waals surface area contributed by atoms with Crippen LogP contribution in [0, 0.1) is 11.8 Å². The highest BCUT2D eigenvalue weighted by molar-refractivity contribution is 6.51. The number of hydrogen-bond donors (Lipinski definition) is 0. The molecule has 3 aliphatic heterocycles. The van der Waals surface area contributed by atoms with Crippen LogP contribution in [-0.2, 0) is 9.59 Å². The van der Waals surface area contributed by atoms with Crippen LogP contribution in [0.2, 0.25) is 0 Å². The summed E-state index contributed by atoms with van der Waals surface area (Å²) in [5.41, 5.74) is 0.134. The molecular formula is C24H30Cl2N2O3. The molecule has 5 nitrogen and oxygen atoms in total. The van der Waals surface area contributed by atoms with Crippen molar-refractivity contribution in [2.45, 2.75) is 67.8 Å². The summed E-state index contributed by atoms with van der Waals surface area (Å²) >= 11 is 12.3. The van der Waals surface area contributed by atoms with Crippen LogP contribution >= 0.6 is 23.2 Å². The van der Waals surface area contributed by atoms with Gasteiger partial charge in [0.15, 0.2) is 5.60 Å². The highest BCUT2D eigenvalue weighted by Crippen LogP contribution is 2.59. The van der Waals surface area contributed by atoms with Crippen LogP contribution < -0.4 is 4.74 Å². The molecule has 2 amide bonds. The molecule has 0 spiro atoms. The minimum absolute atomic E-state index is 0.0181. The lowest BCUT2D eigenvalue weighted by Gasteiger charge is -2.53. The lowest BCUT2D eigenvalue weighted by atomic mass is 9.75. The van der Waals surface area contributed by atoms with E-state index in [0.717, 1.165) is 37.8 Å². The predicted octanol–water partition coefficient (Wildman–Crippen LogP) is 4.36. The molecule has 0 aromatic heterocycles. The number of amides is 2. The maximum Gasteiger partial charge on any atom is 0.266 e. The summed E-state index contributed by atoms with van der Waals surface area (Å²) in [7, 11) is 0. The lowest BCUT2D eigenvalue weighted by Crippen LogP contribution is -2.63. The third-order valence-electron chi connectivity index (χ3n) is 7.46. The number of hydrogen-bond acceptors (Lipinski definition) is 3. The molecule has 1 aromatic rings. The molecule has 5 rings (SSSR count). The van der Waals surface area contributed by atoms with E-state index in [-0.39, 0.29) is 11.8 Å². The van der Waals surface area contributed by atoms with Gasteiger partial charge in [-0.15, -0.1) is 23.2 Å². The number of benzene rings is 1. The Labute approximate surface area is 194 Å². The predicted molar refractivity (Wildman–Crippen MR) is 120 cm³/mol. The molecule has 1 aliphatic carbocycles. The van der Waals surface area contributed by atoms with Crippen molar-refractivity contribution in [1.82, 2.24) is 9.80 Å². The number of fused-ring (bicyclic) bond motifs is 4. The third-order valence-corrected chi connectivity index (χ3v) is 8.30. The number of piperidine rings is 3. The second-order valence-corrected chi connectivity index (χ2v) is 11.8. The van der Waals surface area contributed by atoms with Gasteiger partial charge < -0.3 is 14.5 Å². The van der Waals surface area contributed by atoms with E-state index >= 15 is 0 Å². The Hall–Kier alpha value is -1.46. The van der Waals surface area contributed by atoms with Gasteiger partial charge in [0.05, 0.1) is 0 Å². The molecule has 0 N–H and O–H groups in total. The number of rotatable bonds is 4. The number of carbonyl (C=O) groups is 2. The number of carbonyl (C=O) groups excluding carboxylic acids is 2. The van der Waals surface area contributed by atoms with E-state index in [1.807, 2.05) is 43.0 Å². The van der Waals surface area contributed by atoms with Crippen LogP contribution in [0.15, 0.2) is 24.3 Å². The maximum atomic E-state index is 13.4. The fourth-order valence-corrected chi connectivity index (χ4v) is 6.40. The zero-order valence-corrected chi connectivity index (χ0v) is 19.7. The summed E-state index contributed by atoms with van der Waals surface area (Å²) < 4.78 is 5.50. The Balaban J connectivity index is 1.25. The standard InChI is InChI=1S/C24H30Cl2N2O3/c1-23(2,31-18-8-6-16(7-9-18)19-11-24(19,25)26)22(30)27-12-15-10-17(14-27)20-4-3-5-21(29)28(20)13-15/h6-9,15,17,19-20H,3-5,10-14H2,1-2H3. The first-order chi connectivity index (χ1) is 14.6. The number of nitrogens with zero attached hydrogens (tertiary/aromatic N) is 2. The normalized spacial score (nSPS) is 31.8. The van der Waals surface area contributed by atoms with Gasteiger partial charge in [-0.3, -0.25) is 9.59 Å². The smallest absolute Gasteiger partial charge is 0.266 e. The number of alkyl halides is 2. The minimum atomic E-state index is -0.961. The SMILES string of the molecule is CC(C)(Oc1ccc(C2CC2(Cl)Cl)cc1)C(=O)N1CC2CC(C1)C1CCCC(=O)N1C2. The van der Waals surface area contributed by atoms with Crippen LogP contribution in [0.1, 0.15) is 57.4 Å². The van der Waals surface area contributed by atoms with Gasteiger partial charge in [0.1, 0.15) is 10.1 Å². The first-order valence-electron chi connectivity index (χ1n) is 11.4. The van der Waals surface area contributed by atoms with Gasteiger partial charge in [-0.05, 0) is 69.1 Å². The molecule has 7 heteroatoms. The largest absolute Gasteiger partial charge is 0.478 e. The van der Waals surface area contributed by atoms with Crippen molar-refractivity contribution in [2.24, 2.45) is 11.8 Å². The molecule has 3 saturated heterocycles. The average Bonchev–Trinajstić information content (AvgIpc) is 3.36. The Bertz CT molecular complexity index is 885. The number of halogens is 2. The molecule has 4 fully saturated rings. The van der Waals surface area contributed by atoms with Gasteiger partial charge in [-0.25, -0.2) is 0 Å². The summed E-state index contributed by atoms with van der Waals surface area (Å²) in [5, 5.41) is 0. The minimum Gasteiger partial charge on any atom is -0.478 e. The maximum absolute atomic E-state index is 13.4. The molecule has 4 atom stereocenters. The second kappa shape index (κ2) is 7.55. The first-order valence-corrected chi connectivity index (χ1v) is 12.2. The molecule has 31 heavy (non-hydrogen) atoms. The van der Waals surface area contributed by atoms with E-state index in [4.69, 9.17) is 27.9 Å². The van der Waals surface area contributed by atoms with E-state index < -0.39 is 9.93 Å². The van der Waals surface area contributed by atoms with E-state index in [9.17, 15) is 9.59 Å². The van der Waals surface area contributed by atoms with Crippen LogP contribution in [-0.4, -0.2) is 57.2 Å². The topological polar surface area (TPSA) is 49.9 Å². The highest BCUT2D eigenvalue weighted by atomic mass is 35.5. The average molecular weight is 465 g/mol. The molecule has 0 radical (unpaired) electrons. The Kier molecular flexibility index (Phi) is 5.21. The van der Waals surface area contributed by atoms with Gasteiger partial charge in [-0.1, -0.05) is 12.1 Å². The van der Waals surface area contributed by atoms with E-state index in [1.165, 1.54) is 0 Å². The molecule has 4 aliphatic rings. The van der Waals surface area contributed by atoms with E-state index in [2.05, 4.69) is 4.90 Å². The Morgan fingerprint density at radius 2 is 1.87 bits per heavy atom. The van der Waals surface area contributed by atoms with Crippen molar-refractivity contribution >= 4 is 35.0 Å². The highest BCUT2D eigenvalue weighted by Gasteiger charge is 2.52. The van der Waals surface area contributed by atoms with Gasteiger partial charge in [0.2, 0.25) is 5.91 Å². The summed E-state index contributed by atoms with van der Waals surface area (Å²) in [6.45, 7) is 5.88. The van der Waals surface area contributed by atoms with Crippen molar-refractivity contribution in [3.8, 4) is 5.75 Å². The fraction of sp³-hybridized carbons (Fsp3) is 0.667. The summed E-state index contributed by atoms with van der Waals surface area (Å²) in [5.74, 6) is 1.88. The van der Waals surface area contributed by atoms with Crippen molar-refractivity contribution in [1.29, 1.82) is 0 Å². The summed E-state index contributed by atoms with van der Waals surface area (Å²) in [6.07, 6.45) is 4.58. The van der Waals surface area contributed by atoms with E-state index in [1.54, 1.807) is 0 Å². The van der Waals surface area contributed by atoms with Crippen LogP contribution in [0.3, 0.4) is 0 Å². The monoisotopic (exact) mass is 464 g/mol. The molecule has 4 unspecified atom stereocenters. The quantitative estimate of drug-likeness (QED) is 0.621. The van der Waals surface area contributed by atoms with Crippen molar-refractivity contribution < 1.29 is 14.3 Å². The summed E-state index contributed by atoms with van der Waals surface area (Å²) in [6, 6.07) is 8.04. The zero-order valence-electron chi connectivity index (χ0n) is 18.2. The van der Waals surface area contributed by atoms with Gasteiger partial charge in [0.25, 0.3) is 5.91 Å². The van der Waals surface area contributed by atoms with Gasteiger partial charge in [-0.2, -0.15) is 0 Å². The molecule has 168 valence electrons. The Morgan fingerprint density at radius 1 is 1.16 bits per heavy atom. The molecule has 1 aromatic carbocycles. The fourth-order valence-electron chi connectivity index (χ4n) is 5.84. The van der Waals surface area contributed by atoms with E-state index in [0.29, 0.717) is 49.0 Å². The van der Waals surface area contributed by atoms with Crippen molar-refractivity contribution in [3.63, 3.8) is 0 Å². The molecule has 3 heterocycles. The number of ether oxygens (including phenoxy) is 1. The second-order valence-electron chi connectivity index (χ2n) is 10.3. The van der Waals surface area contributed by atoms with Crippen LogP contribution in [0.5, 0.6) is 5.75 Å². The van der Waals surface area contributed by atoms with Gasteiger partial charge >= 0.3 is 0 Å². The summed E-state index contributed by atoms with van der Waals surface area (Å²) in [4.78, 5) is 29.9. The van der Waals surface area contributed by atoms with Crippen molar-refractivity contribution in [3.05, 3.63) is 29.8 Å².